The highest BCUT2D eigenvalue weighted by molar-refractivity contribution is 6.35. The molecule has 0 saturated heterocycles. The number of hydrogen-bond acceptors (Lipinski definition) is 9. The molecule has 1 aliphatic rings. The molecule has 198 valence electrons. The molecule has 0 spiro atoms. The number of nitrogens with one attached hydrogen (secondary N) is 2. The Bertz CT molecular complexity index is 1370. The first kappa shape index (κ1) is 26.1. The number of aromatic amines is 1. The van der Waals surface area contributed by atoms with E-state index in [4.69, 9.17) is 26.8 Å². The highest BCUT2D eigenvalue weighted by atomic mass is 35.5. The Morgan fingerprint density at radius 1 is 1.35 bits per heavy atom. The van der Waals surface area contributed by atoms with Gasteiger partial charge in [0.1, 0.15) is 23.4 Å². The summed E-state index contributed by atoms with van der Waals surface area (Å²) in [5.41, 5.74) is 6.61. The van der Waals surface area contributed by atoms with E-state index >= 15 is 0 Å². The van der Waals surface area contributed by atoms with Gasteiger partial charge in [0.15, 0.2) is 11.6 Å². The molecule has 37 heavy (non-hydrogen) atoms. The van der Waals surface area contributed by atoms with Crippen LogP contribution in [0.15, 0.2) is 24.5 Å². The lowest BCUT2D eigenvalue weighted by molar-refractivity contribution is -0.200. The summed E-state index contributed by atoms with van der Waals surface area (Å²) >= 11 is 6.40. The van der Waals surface area contributed by atoms with Crippen LogP contribution >= 0.6 is 11.6 Å². The first-order valence-electron chi connectivity index (χ1n) is 10.7. The molecule has 0 fully saturated rings. The number of methoxy groups -OCH3 is 1. The molecule has 0 bridgehead atoms. The van der Waals surface area contributed by atoms with Gasteiger partial charge >= 0.3 is 12.1 Å². The molecule has 1 unspecified atom stereocenters. The van der Waals surface area contributed by atoms with Crippen LogP contribution in [0, 0.1) is 0 Å². The predicted molar refractivity (Wildman–Crippen MR) is 125 cm³/mol. The van der Waals surface area contributed by atoms with Crippen LogP contribution in [-0.4, -0.2) is 58.4 Å². The second kappa shape index (κ2) is 10.2. The first-order valence-corrected chi connectivity index (χ1v) is 11.1. The largest absolute Gasteiger partial charge is 0.493 e. The van der Waals surface area contributed by atoms with Crippen molar-refractivity contribution in [1.82, 2.24) is 25.3 Å². The van der Waals surface area contributed by atoms with Crippen LogP contribution in [0.2, 0.25) is 5.02 Å². The van der Waals surface area contributed by atoms with E-state index in [9.17, 15) is 22.8 Å². The van der Waals surface area contributed by atoms with Gasteiger partial charge in [0, 0.05) is 24.3 Å². The van der Waals surface area contributed by atoms with Gasteiger partial charge in [-0.1, -0.05) is 11.6 Å². The summed E-state index contributed by atoms with van der Waals surface area (Å²) in [4.78, 5) is 29.2. The third-order valence-electron chi connectivity index (χ3n) is 5.34. The number of ether oxygens (including phenoxy) is 2. The number of anilines is 2. The van der Waals surface area contributed by atoms with Crippen molar-refractivity contribution < 1.29 is 37.1 Å². The van der Waals surface area contributed by atoms with Crippen LogP contribution in [0.25, 0.3) is 10.9 Å². The van der Waals surface area contributed by atoms with Gasteiger partial charge in [0.25, 0.3) is 5.91 Å². The highest BCUT2D eigenvalue weighted by Gasteiger charge is 2.44. The summed E-state index contributed by atoms with van der Waals surface area (Å²) < 4.78 is 50.4. The average molecular weight is 544 g/mol. The molecule has 0 aliphatic carbocycles. The molecule has 0 saturated carbocycles. The summed E-state index contributed by atoms with van der Waals surface area (Å²) in [6.07, 6.45) is -1.30. The normalized spacial score (nSPS) is 13.9. The van der Waals surface area contributed by atoms with Crippen molar-refractivity contribution in [3.05, 3.63) is 40.7 Å². The minimum Gasteiger partial charge on any atom is -0.489 e. The summed E-state index contributed by atoms with van der Waals surface area (Å²) in [6.45, 7) is 2.20. The number of halogens is 4. The van der Waals surface area contributed by atoms with Gasteiger partial charge in [-0.3, -0.25) is 9.89 Å². The number of carbonyl (C=O) groups excluding carboxylic acids is 2. The quantitative estimate of drug-likeness (QED) is 0.364. The second-order valence-corrected chi connectivity index (χ2v) is 8.23. The van der Waals surface area contributed by atoms with E-state index in [1.165, 1.54) is 19.4 Å². The Labute approximate surface area is 212 Å². The number of allylic oxidation sites excluding steroid dienone is 1. The number of nitrogens with zero attached hydrogens (tertiary/aromatic N) is 4. The number of H-pyrrole nitrogens is 1. The predicted octanol–water partition coefficient (Wildman–Crippen LogP) is 2.87. The van der Waals surface area contributed by atoms with Gasteiger partial charge < -0.3 is 25.4 Å². The fourth-order valence-corrected chi connectivity index (χ4v) is 3.94. The zero-order chi connectivity index (χ0) is 26.9. The van der Waals surface area contributed by atoms with E-state index in [0.717, 1.165) is 10.9 Å². The number of hydroxylamine groups is 1. The molecule has 3 heterocycles. The molecule has 4 rings (SSSR count). The number of carbonyl (C=O) groups is 2. The van der Waals surface area contributed by atoms with E-state index in [0.29, 0.717) is 32.3 Å². The van der Waals surface area contributed by atoms with E-state index in [1.54, 1.807) is 13.0 Å². The summed E-state index contributed by atoms with van der Waals surface area (Å²) in [7, 11) is 1.52. The molecule has 0 radical (unpaired) electrons. The molecule has 4 N–H and O–H groups in total. The average Bonchev–Trinajstić information content (AvgIpc) is 3.45. The monoisotopic (exact) mass is 543 g/mol. The number of nitrogens with two attached hydrogens (primary N) is 1. The fourth-order valence-electron chi connectivity index (χ4n) is 3.68. The second-order valence-electron chi connectivity index (χ2n) is 7.82. The molecule has 3 aromatic rings. The van der Waals surface area contributed by atoms with Crippen molar-refractivity contribution in [2.24, 2.45) is 0 Å². The van der Waals surface area contributed by atoms with E-state index in [1.807, 2.05) is 0 Å². The van der Waals surface area contributed by atoms with Crippen molar-refractivity contribution in [1.29, 1.82) is 0 Å². The minimum atomic E-state index is -5.26. The Balaban J connectivity index is 1.65. The lowest BCUT2D eigenvalue weighted by Crippen LogP contribution is -2.36. The van der Waals surface area contributed by atoms with Crippen LogP contribution in [0.3, 0.4) is 0 Å². The highest BCUT2D eigenvalue weighted by Crippen LogP contribution is 2.38. The Morgan fingerprint density at radius 2 is 2.11 bits per heavy atom. The number of aromatic nitrogens is 4. The number of rotatable bonds is 8. The van der Waals surface area contributed by atoms with Crippen molar-refractivity contribution >= 4 is 46.0 Å². The van der Waals surface area contributed by atoms with Gasteiger partial charge in [-0.05, 0) is 19.1 Å². The smallest absolute Gasteiger partial charge is 0.489 e. The van der Waals surface area contributed by atoms with Crippen molar-refractivity contribution in [3.63, 3.8) is 0 Å². The Hall–Kier alpha value is -3.98. The van der Waals surface area contributed by atoms with E-state index in [-0.39, 0.29) is 37.0 Å². The van der Waals surface area contributed by atoms with Gasteiger partial charge in [0.05, 0.1) is 30.4 Å². The van der Waals surface area contributed by atoms with Gasteiger partial charge in [-0.2, -0.15) is 28.4 Å². The molecule has 2 aromatic heterocycles. The van der Waals surface area contributed by atoms with E-state index in [2.05, 4.69) is 25.5 Å². The standard InChI is InChI=1S/C21H21ClF3N7O5/c1-10(11-8-13(22)12-9-27-29-15(12)16(11)36-7-6-35-2)28-18(33)14-17(26)30-31-4-3-5-32(19(14)31)37-20(34)21(23,24)25/h3,5,8-10H,4,6-7H2,1-2H3,(H2,26,30)(H,27,29)(H,28,33). The summed E-state index contributed by atoms with van der Waals surface area (Å²) in [5.74, 6) is -3.44. The topological polar surface area (TPSA) is 150 Å². The zero-order valence-corrected chi connectivity index (χ0v) is 20.2. The molecular weight excluding hydrogens is 523 g/mol. The number of benzene rings is 1. The summed E-state index contributed by atoms with van der Waals surface area (Å²) in [6, 6.07) is 0.860. The van der Waals surface area contributed by atoms with Crippen molar-refractivity contribution in [2.45, 2.75) is 25.7 Å². The molecule has 1 aromatic carbocycles. The number of hydrogen-bond donors (Lipinski definition) is 3. The molecule has 1 amide bonds. The van der Waals surface area contributed by atoms with Gasteiger partial charge in [0.2, 0.25) is 0 Å². The number of alkyl halides is 3. The van der Waals surface area contributed by atoms with Crippen molar-refractivity contribution in [3.8, 4) is 5.75 Å². The van der Waals surface area contributed by atoms with E-state index < -0.39 is 24.1 Å². The van der Waals surface area contributed by atoms with Crippen LogP contribution in [-0.2, 0) is 20.9 Å². The molecule has 1 aliphatic heterocycles. The summed E-state index contributed by atoms with van der Waals surface area (Å²) in [5, 5.41) is 14.9. The maximum absolute atomic E-state index is 13.3. The maximum atomic E-state index is 13.3. The van der Waals surface area contributed by atoms with Crippen LogP contribution in [0.1, 0.15) is 28.9 Å². The van der Waals surface area contributed by atoms with Crippen LogP contribution in [0.5, 0.6) is 5.75 Å². The lowest BCUT2D eigenvalue weighted by atomic mass is 10.0. The first-order chi connectivity index (χ1) is 17.5. The Morgan fingerprint density at radius 3 is 2.81 bits per heavy atom. The zero-order valence-electron chi connectivity index (χ0n) is 19.4. The molecule has 12 nitrogen and oxygen atoms in total. The fraction of sp³-hybridized carbons (Fsp3) is 0.333. The third kappa shape index (κ3) is 5.13. The van der Waals surface area contributed by atoms with Crippen LogP contribution in [0.4, 0.5) is 24.8 Å². The number of fused-ring (bicyclic) bond motifs is 2. The Kier molecular flexibility index (Phi) is 7.18. The van der Waals surface area contributed by atoms with Gasteiger partial charge in [-0.25, -0.2) is 9.48 Å². The molecule has 1 atom stereocenters. The van der Waals surface area contributed by atoms with Gasteiger partial charge in [-0.15, -0.1) is 0 Å². The molecule has 16 heteroatoms. The maximum Gasteiger partial charge on any atom is 0.493 e. The minimum absolute atomic E-state index is 0.0754. The number of amides is 1. The van der Waals surface area contributed by atoms with Crippen LogP contribution < -0.4 is 20.9 Å². The lowest BCUT2D eigenvalue weighted by Gasteiger charge is -2.24. The molecular formula is C21H21ClF3N7O5. The van der Waals surface area contributed by atoms with Crippen molar-refractivity contribution in [2.75, 3.05) is 31.1 Å². The number of nitrogen functional groups attached to an aromatic ring is 1. The third-order valence-corrected chi connectivity index (χ3v) is 5.65. The SMILES string of the molecule is COCCOc1c(C(C)NC(=O)c2c(N)nn3c2N(OC(=O)C(F)(F)F)C=CC3)cc(Cl)c2cn[nH]c12.